The van der Waals surface area contributed by atoms with Crippen LogP contribution >= 0.6 is 11.8 Å². The van der Waals surface area contributed by atoms with E-state index in [0.29, 0.717) is 11.4 Å². The fourth-order valence-electron chi connectivity index (χ4n) is 1.49. The van der Waals surface area contributed by atoms with Gasteiger partial charge >= 0.3 is 5.69 Å². The Bertz CT molecular complexity index is 398. The second-order valence-electron chi connectivity index (χ2n) is 3.91. The van der Waals surface area contributed by atoms with Crippen LogP contribution in [0.15, 0.2) is 12.3 Å². The van der Waals surface area contributed by atoms with Crippen LogP contribution in [0.4, 0.5) is 11.5 Å². The topological polar surface area (TPSA) is 68.1 Å². The molecule has 1 unspecified atom stereocenters. The fraction of sp³-hybridized carbons (Fsp3) is 0.545. The van der Waals surface area contributed by atoms with Gasteiger partial charge in [0.1, 0.15) is 0 Å². The van der Waals surface area contributed by atoms with Crippen molar-refractivity contribution in [1.29, 1.82) is 0 Å². The van der Waals surface area contributed by atoms with Gasteiger partial charge in [-0.2, -0.15) is 11.8 Å². The molecule has 0 saturated carbocycles. The van der Waals surface area contributed by atoms with Gasteiger partial charge in [-0.25, -0.2) is 4.98 Å². The number of rotatable bonds is 6. The molecule has 6 heteroatoms. The minimum atomic E-state index is -0.383. The zero-order valence-corrected chi connectivity index (χ0v) is 11.1. The summed E-state index contributed by atoms with van der Waals surface area (Å²) in [7, 11) is 0. The van der Waals surface area contributed by atoms with Gasteiger partial charge < -0.3 is 5.32 Å². The van der Waals surface area contributed by atoms with E-state index in [1.807, 2.05) is 13.2 Å². The Morgan fingerprint density at radius 2 is 2.35 bits per heavy atom. The summed E-state index contributed by atoms with van der Waals surface area (Å²) in [5, 5.41) is 14.1. The molecule has 1 aromatic heterocycles. The number of nitrogens with zero attached hydrogens (tertiary/aromatic N) is 2. The summed E-state index contributed by atoms with van der Waals surface area (Å²) >= 11 is 1.76. The van der Waals surface area contributed by atoms with Crippen molar-refractivity contribution >= 4 is 23.3 Å². The van der Waals surface area contributed by atoms with Crippen molar-refractivity contribution in [2.24, 2.45) is 0 Å². The fourth-order valence-corrected chi connectivity index (χ4v) is 2.08. The minimum Gasteiger partial charge on any atom is -0.362 e. The number of nitro groups is 1. The van der Waals surface area contributed by atoms with Crippen molar-refractivity contribution in [3.8, 4) is 0 Å². The van der Waals surface area contributed by atoms with Crippen LogP contribution in [0.2, 0.25) is 0 Å². The van der Waals surface area contributed by atoms with Crippen molar-refractivity contribution in [2.45, 2.75) is 26.3 Å². The third-order valence-electron chi connectivity index (χ3n) is 2.45. The van der Waals surface area contributed by atoms with E-state index >= 15 is 0 Å². The predicted octanol–water partition coefficient (Wildman–Crippen LogP) is 2.85. The summed E-state index contributed by atoms with van der Waals surface area (Å²) in [6.07, 6.45) is 4.58. The first-order valence-corrected chi connectivity index (χ1v) is 6.81. The molecule has 17 heavy (non-hydrogen) atoms. The number of aromatic nitrogens is 1. The Kier molecular flexibility index (Phi) is 5.21. The maximum absolute atomic E-state index is 11.0. The van der Waals surface area contributed by atoms with Gasteiger partial charge in [0, 0.05) is 17.8 Å². The quantitative estimate of drug-likeness (QED) is 0.625. The Balaban J connectivity index is 2.83. The summed E-state index contributed by atoms with van der Waals surface area (Å²) in [5.41, 5.74) is 0.702. The molecule has 0 fully saturated rings. The van der Waals surface area contributed by atoms with Crippen LogP contribution in [-0.2, 0) is 0 Å². The molecule has 1 rings (SSSR count). The molecule has 0 amide bonds. The monoisotopic (exact) mass is 255 g/mol. The zero-order chi connectivity index (χ0) is 12.8. The second-order valence-corrected chi connectivity index (χ2v) is 4.89. The molecule has 1 N–H and O–H groups in total. The molecule has 5 nitrogen and oxygen atoms in total. The van der Waals surface area contributed by atoms with E-state index in [1.165, 1.54) is 0 Å². The Labute approximate surface area is 105 Å². The summed E-state index contributed by atoms with van der Waals surface area (Å²) in [6, 6.07) is 1.83. The van der Waals surface area contributed by atoms with Crippen molar-refractivity contribution in [3.05, 3.63) is 27.9 Å². The lowest BCUT2D eigenvalue weighted by Crippen LogP contribution is -2.18. The molecule has 0 saturated heterocycles. The lowest BCUT2D eigenvalue weighted by atomic mass is 10.2. The maximum Gasteiger partial charge on any atom is 0.314 e. The Hall–Kier alpha value is -1.30. The molecule has 0 aromatic carbocycles. The summed E-state index contributed by atoms with van der Waals surface area (Å²) < 4.78 is 0. The average molecular weight is 255 g/mol. The third-order valence-corrected chi connectivity index (χ3v) is 3.09. The van der Waals surface area contributed by atoms with Crippen molar-refractivity contribution < 1.29 is 4.92 Å². The number of anilines is 1. The van der Waals surface area contributed by atoms with Crippen LogP contribution in [0.1, 0.15) is 18.9 Å². The maximum atomic E-state index is 11.0. The van der Waals surface area contributed by atoms with Crippen molar-refractivity contribution in [2.75, 3.05) is 17.3 Å². The number of nitrogens with one attached hydrogen (secondary N) is 1. The highest BCUT2D eigenvalue weighted by atomic mass is 32.2. The van der Waals surface area contributed by atoms with Crippen molar-refractivity contribution in [3.63, 3.8) is 0 Å². The first-order valence-electron chi connectivity index (χ1n) is 5.41. The standard InChI is InChI=1S/C11H17N3O2S/c1-8-4-6-12-11(10(8)14(15)16)13-9(2)5-7-17-3/h4,6,9H,5,7H2,1-3H3,(H,12,13). The van der Waals surface area contributed by atoms with Crippen LogP contribution in [0, 0.1) is 17.0 Å². The van der Waals surface area contributed by atoms with Gasteiger partial charge in [0.2, 0.25) is 5.82 Å². The first-order chi connectivity index (χ1) is 8.06. The molecule has 94 valence electrons. The van der Waals surface area contributed by atoms with Crippen LogP contribution in [-0.4, -0.2) is 28.0 Å². The number of hydrogen-bond donors (Lipinski definition) is 1. The van der Waals surface area contributed by atoms with Crippen LogP contribution in [0.5, 0.6) is 0 Å². The lowest BCUT2D eigenvalue weighted by molar-refractivity contribution is -0.384. The molecular formula is C11H17N3O2S. The van der Waals surface area contributed by atoms with Crippen LogP contribution in [0.3, 0.4) is 0 Å². The zero-order valence-electron chi connectivity index (χ0n) is 10.3. The average Bonchev–Trinajstić information content (AvgIpc) is 2.25. The highest BCUT2D eigenvalue weighted by Gasteiger charge is 2.19. The molecule has 1 aromatic rings. The van der Waals surface area contributed by atoms with E-state index in [1.54, 1.807) is 30.9 Å². The van der Waals surface area contributed by atoms with E-state index < -0.39 is 0 Å². The highest BCUT2D eigenvalue weighted by Crippen LogP contribution is 2.26. The van der Waals surface area contributed by atoms with Gasteiger partial charge in [-0.05, 0) is 38.3 Å². The van der Waals surface area contributed by atoms with Gasteiger partial charge in [0.05, 0.1) is 4.92 Å². The Morgan fingerprint density at radius 1 is 1.65 bits per heavy atom. The highest BCUT2D eigenvalue weighted by molar-refractivity contribution is 7.98. The van der Waals surface area contributed by atoms with Gasteiger partial charge in [0.15, 0.2) is 0 Å². The summed E-state index contributed by atoms with van der Waals surface area (Å²) in [6.45, 7) is 3.72. The number of thioether (sulfide) groups is 1. The molecule has 0 bridgehead atoms. The molecule has 0 radical (unpaired) electrons. The third kappa shape index (κ3) is 3.89. The number of aryl methyl sites for hydroxylation is 1. The molecule has 1 atom stereocenters. The predicted molar refractivity (Wildman–Crippen MR) is 71.7 cm³/mol. The molecule has 0 aliphatic heterocycles. The van der Waals surface area contributed by atoms with Gasteiger partial charge in [-0.1, -0.05) is 0 Å². The minimum absolute atomic E-state index is 0.0727. The van der Waals surface area contributed by atoms with E-state index in [2.05, 4.69) is 10.3 Å². The van der Waals surface area contributed by atoms with Crippen LogP contribution < -0.4 is 5.32 Å². The summed E-state index contributed by atoms with van der Waals surface area (Å²) in [5.74, 6) is 1.39. The lowest BCUT2D eigenvalue weighted by Gasteiger charge is -2.14. The Morgan fingerprint density at radius 3 is 2.94 bits per heavy atom. The molecular weight excluding hydrogens is 238 g/mol. The van der Waals surface area contributed by atoms with Gasteiger partial charge in [-0.15, -0.1) is 0 Å². The van der Waals surface area contributed by atoms with E-state index in [0.717, 1.165) is 12.2 Å². The number of hydrogen-bond acceptors (Lipinski definition) is 5. The molecule has 0 aliphatic rings. The summed E-state index contributed by atoms with van der Waals surface area (Å²) in [4.78, 5) is 14.6. The second kappa shape index (κ2) is 6.44. The van der Waals surface area contributed by atoms with Gasteiger partial charge in [-0.3, -0.25) is 10.1 Å². The number of pyridine rings is 1. The van der Waals surface area contributed by atoms with E-state index in [9.17, 15) is 10.1 Å². The normalized spacial score (nSPS) is 12.2. The first kappa shape index (κ1) is 13.8. The largest absolute Gasteiger partial charge is 0.362 e. The smallest absolute Gasteiger partial charge is 0.314 e. The van der Waals surface area contributed by atoms with Gasteiger partial charge in [0.25, 0.3) is 0 Å². The SMILES string of the molecule is CSCCC(C)Nc1nccc(C)c1[N+](=O)[O-]. The van der Waals surface area contributed by atoms with E-state index in [-0.39, 0.29) is 16.7 Å². The van der Waals surface area contributed by atoms with Crippen LogP contribution in [0.25, 0.3) is 0 Å². The molecule has 0 spiro atoms. The molecule has 1 heterocycles. The van der Waals surface area contributed by atoms with Crippen molar-refractivity contribution in [1.82, 2.24) is 4.98 Å². The van der Waals surface area contributed by atoms with E-state index in [4.69, 9.17) is 0 Å². The molecule has 0 aliphatic carbocycles.